The zero-order valence-corrected chi connectivity index (χ0v) is 9.08. The van der Waals surface area contributed by atoms with Crippen molar-refractivity contribution in [2.45, 2.75) is 13.3 Å². The number of Topliss-reactive ketones (excluding diaryl/α,β-unsaturated/α-hetero) is 1. The van der Waals surface area contributed by atoms with Crippen LogP contribution in [0, 0.1) is 0 Å². The minimum Gasteiger partial charge on any atom is -0.300 e. The van der Waals surface area contributed by atoms with Crippen LogP contribution in [0.15, 0.2) is 30.5 Å². The molecule has 1 heterocycles. The highest BCUT2D eigenvalue weighted by Crippen LogP contribution is 2.22. The number of pyridine rings is 1. The summed E-state index contributed by atoms with van der Waals surface area (Å²) >= 11 is 6.04. The van der Waals surface area contributed by atoms with E-state index in [2.05, 4.69) is 4.98 Å². The summed E-state index contributed by atoms with van der Waals surface area (Å²) in [6, 6.07) is 7.47. The summed E-state index contributed by atoms with van der Waals surface area (Å²) in [5.41, 5.74) is 1.83. The number of nitrogens with zero attached hydrogens (tertiary/aromatic N) is 1. The predicted octanol–water partition coefficient (Wildman–Crippen LogP) is 3.02. The highest BCUT2D eigenvalue weighted by molar-refractivity contribution is 6.35. The number of hydrogen-bond donors (Lipinski definition) is 0. The fourth-order valence-corrected chi connectivity index (χ4v) is 1.76. The Morgan fingerprint density at radius 1 is 1.40 bits per heavy atom. The summed E-state index contributed by atoms with van der Waals surface area (Å²) in [5.74, 6) is 0.148. The third kappa shape index (κ3) is 2.16. The summed E-state index contributed by atoms with van der Waals surface area (Å²) in [5, 5.41) is 1.57. The third-order valence-electron chi connectivity index (χ3n) is 2.21. The largest absolute Gasteiger partial charge is 0.300 e. The van der Waals surface area contributed by atoms with Crippen LogP contribution in [0.4, 0.5) is 0 Å². The summed E-state index contributed by atoms with van der Waals surface area (Å²) in [7, 11) is 0. The number of ketones is 1. The van der Waals surface area contributed by atoms with Crippen LogP contribution in [0.1, 0.15) is 12.5 Å². The van der Waals surface area contributed by atoms with E-state index in [9.17, 15) is 4.79 Å². The van der Waals surface area contributed by atoms with Crippen molar-refractivity contribution >= 4 is 28.3 Å². The van der Waals surface area contributed by atoms with E-state index in [1.54, 1.807) is 19.2 Å². The molecule has 76 valence electrons. The van der Waals surface area contributed by atoms with E-state index in [0.29, 0.717) is 11.4 Å². The Labute approximate surface area is 92.9 Å². The van der Waals surface area contributed by atoms with E-state index in [0.717, 1.165) is 16.5 Å². The highest BCUT2D eigenvalue weighted by atomic mass is 35.5. The summed E-state index contributed by atoms with van der Waals surface area (Å²) < 4.78 is 0. The van der Waals surface area contributed by atoms with Crippen molar-refractivity contribution in [3.05, 3.63) is 41.0 Å². The van der Waals surface area contributed by atoms with Gasteiger partial charge in [-0.2, -0.15) is 0 Å². The maximum atomic E-state index is 11.0. The summed E-state index contributed by atoms with van der Waals surface area (Å²) in [4.78, 5) is 15.2. The van der Waals surface area contributed by atoms with E-state index in [-0.39, 0.29) is 5.78 Å². The number of aromatic nitrogens is 1. The molecule has 2 aromatic rings. The van der Waals surface area contributed by atoms with Crippen molar-refractivity contribution < 1.29 is 4.79 Å². The van der Waals surface area contributed by atoms with Gasteiger partial charge in [0, 0.05) is 18.0 Å². The number of rotatable bonds is 2. The minimum absolute atomic E-state index is 0.148. The lowest BCUT2D eigenvalue weighted by Gasteiger charge is -2.02. The first kappa shape index (κ1) is 10.1. The Morgan fingerprint density at radius 2 is 2.20 bits per heavy atom. The van der Waals surface area contributed by atoms with E-state index >= 15 is 0 Å². The standard InChI is InChI=1S/C12H10ClNO/c1-8(15)6-9-2-3-12-10(7-9)11(13)4-5-14-12/h2-5,7H,6H2,1H3. The molecule has 0 unspecified atom stereocenters. The molecule has 0 saturated carbocycles. The van der Waals surface area contributed by atoms with E-state index in [1.165, 1.54) is 0 Å². The molecular formula is C12H10ClNO. The average molecular weight is 220 g/mol. The number of carbonyl (C=O) groups excluding carboxylic acids is 1. The van der Waals surface area contributed by atoms with Gasteiger partial charge in [-0.25, -0.2) is 0 Å². The first-order chi connectivity index (χ1) is 7.16. The van der Waals surface area contributed by atoms with Crippen LogP contribution in [-0.2, 0) is 11.2 Å². The topological polar surface area (TPSA) is 30.0 Å². The molecule has 0 atom stereocenters. The first-order valence-corrected chi connectivity index (χ1v) is 5.07. The van der Waals surface area contributed by atoms with E-state index in [4.69, 9.17) is 11.6 Å². The maximum absolute atomic E-state index is 11.0. The Bertz CT molecular complexity index is 522. The van der Waals surface area contributed by atoms with Crippen molar-refractivity contribution in [1.29, 1.82) is 0 Å². The van der Waals surface area contributed by atoms with Gasteiger partial charge in [0.1, 0.15) is 5.78 Å². The zero-order chi connectivity index (χ0) is 10.8. The molecular weight excluding hydrogens is 210 g/mol. The second-order valence-corrected chi connectivity index (χ2v) is 3.93. The van der Waals surface area contributed by atoms with Crippen LogP contribution < -0.4 is 0 Å². The number of hydrogen-bond acceptors (Lipinski definition) is 2. The maximum Gasteiger partial charge on any atom is 0.134 e. The first-order valence-electron chi connectivity index (χ1n) is 4.69. The van der Waals surface area contributed by atoms with Crippen LogP contribution in [0.25, 0.3) is 10.9 Å². The smallest absolute Gasteiger partial charge is 0.134 e. The molecule has 0 fully saturated rings. The lowest BCUT2D eigenvalue weighted by molar-refractivity contribution is -0.116. The van der Waals surface area contributed by atoms with E-state index in [1.807, 2.05) is 18.2 Å². The number of benzene rings is 1. The van der Waals surface area contributed by atoms with Gasteiger partial charge < -0.3 is 0 Å². The van der Waals surface area contributed by atoms with Crippen LogP contribution in [0.3, 0.4) is 0 Å². The Hall–Kier alpha value is -1.41. The Morgan fingerprint density at radius 3 is 2.93 bits per heavy atom. The number of fused-ring (bicyclic) bond motifs is 1. The molecule has 2 nitrogen and oxygen atoms in total. The van der Waals surface area contributed by atoms with Gasteiger partial charge in [-0.15, -0.1) is 0 Å². The van der Waals surface area contributed by atoms with Gasteiger partial charge in [0.2, 0.25) is 0 Å². The quantitative estimate of drug-likeness (QED) is 0.777. The third-order valence-corrected chi connectivity index (χ3v) is 2.54. The SMILES string of the molecule is CC(=O)Cc1ccc2nccc(Cl)c2c1. The normalized spacial score (nSPS) is 10.5. The van der Waals surface area contributed by atoms with Gasteiger partial charge in [-0.05, 0) is 30.7 Å². The monoisotopic (exact) mass is 219 g/mol. The van der Waals surface area contributed by atoms with Gasteiger partial charge in [-0.3, -0.25) is 9.78 Å². The van der Waals surface area contributed by atoms with Crippen LogP contribution in [0.2, 0.25) is 5.02 Å². The second-order valence-electron chi connectivity index (χ2n) is 3.52. The fraction of sp³-hybridized carbons (Fsp3) is 0.167. The Balaban J connectivity index is 2.54. The van der Waals surface area contributed by atoms with Gasteiger partial charge in [0.25, 0.3) is 0 Å². The molecule has 3 heteroatoms. The molecule has 1 aromatic carbocycles. The van der Waals surface area contributed by atoms with Gasteiger partial charge in [0.15, 0.2) is 0 Å². The Kier molecular flexibility index (Phi) is 2.69. The van der Waals surface area contributed by atoms with Crippen molar-refractivity contribution in [1.82, 2.24) is 4.98 Å². The van der Waals surface area contributed by atoms with Crippen molar-refractivity contribution in [3.63, 3.8) is 0 Å². The molecule has 0 N–H and O–H groups in total. The molecule has 0 aliphatic heterocycles. The zero-order valence-electron chi connectivity index (χ0n) is 8.33. The molecule has 0 bridgehead atoms. The van der Waals surface area contributed by atoms with Crippen molar-refractivity contribution in [2.24, 2.45) is 0 Å². The summed E-state index contributed by atoms with van der Waals surface area (Å²) in [6.07, 6.45) is 2.12. The fourth-order valence-electron chi connectivity index (χ4n) is 1.56. The molecule has 1 aromatic heterocycles. The number of carbonyl (C=O) groups is 1. The molecule has 0 aliphatic rings. The van der Waals surface area contributed by atoms with Gasteiger partial charge >= 0.3 is 0 Å². The molecule has 0 saturated heterocycles. The lowest BCUT2D eigenvalue weighted by atomic mass is 10.1. The van der Waals surface area contributed by atoms with Crippen molar-refractivity contribution in [3.8, 4) is 0 Å². The number of halogens is 1. The van der Waals surface area contributed by atoms with Crippen LogP contribution in [-0.4, -0.2) is 10.8 Å². The molecule has 2 rings (SSSR count). The minimum atomic E-state index is 0.148. The molecule has 0 amide bonds. The molecule has 15 heavy (non-hydrogen) atoms. The van der Waals surface area contributed by atoms with Gasteiger partial charge in [0.05, 0.1) is 10.5 Å². The van der Waals surface area contributed by atoms with Crippen LogP contribution >= 0.6 is 11.6 Å². The average Bonchev–Trinajstić information content (AvgIpc) is 2.18. The summed E-state index contributed by atoms with van der Waals surface area (Å²) in [6.45, 7) is 1.58. The second kappa shape index (κ2) is 3.99. The van der Waals surface area contributed by atoms with Crippen molar-refractivity contribution in [2.75, 3.05) is 0 Å². The highest BCUT2D eigenvalue weighted by Gasteiger charge is 2.02. The van der Waals surface area contributed by atoms with E-state index < -0.39 is 0 Å². The molecule has 0 spiro atoms. The van der Waals surface area contributed by atoms with Gasteiger partial charge in [-0.1, -0.05) is 17.7 Å². The molecule has 0 aliphatic carbocycles. The lowest BCUT2D eigenvalue weighted by Crippen LogP contribution is -1.96. The van der Waals surface area contributed by atoms with Crippen LogP contribution in [0.5, 0.6) is 0 Å². The molecule has 0 radical (unpaired) electrons. The predicted molar refractivity (Wildman–Crippen MR) is 61.1 cm³/mol.